The zero-order chi connectivity index (χ0) is 15.9. The fourth-order valence-electron chi connectivity index (χ4n) is 2.74. The number of fused-ring (bicyclic) bond motifs is 1. The minimum atomic E-state index is -0.507. The molecule has 1 atom stereocenters. The molecule has 0 spiro atoms. The minimum absolute atomic E-state index is 0.0295. The Balaban J connectivity index is 2.26. The van der Waals surface area contributed by atoms with Crippen molar-refractivity contribution >= 4 is 5.97 Å². The van der Waals surface area contributed by atoms with Crippen LogP contribution in [0.3, 0.4) is 0 Å². The maximum absolute atomic E-state index is 12.3. The quantitative estimate of drug-likeness (QED) is 0.559. The molecule has 0 aliphatic carbocycles. The first-order valence-electron chi connectivity index (χ1n) is 7.98. The number of cyclic esters (lactones) is 1. The van der Waals surface area contributed by atoms with Crippen LogP contribution < -0.4 is 0 Å². The summed E-state index contributed by atoms with van der Waals surface area (Å²) < 4.78 is 5.44. The van der Waals surface area contributed by atoms with Crippen molar-refractivity contribution in [2.75, 3.05) is 0 Å². The van der Waals surface area contributed by atoms with Crippen molar-refractivity contribution in [3.8, 4) is 11.5 Å². The first-order chi connectivity index (χ1) is 10.6. The summed E-state index contributed by atoms with van der Waals surface area (Å²) in [5, 5.41) is 19.7. The number of benzene rings is 1. The average Bonchev–Trinajstić information content (AvgIpc) is 2.43. The lowest BCUT2D eigenvalue weighted by Crippen LogP contribution is -2.16. The van der Waals surface area contributed by atoms with E-state index in [-0.39, 0.29) is 23.2 Å². The number of aromatic hydroxyl groups is 2. The number of carbonyl (C=O) groups excluding carboxylic acids is 1. The van der Waals surface area contributed by atoms with Crippen molar-refractivity contribution in [2.45, 2.75) is 58.0 Å². The number of ether oxygens (including phenoxy) is 1. The summed E-state index contributed by atoms with van der Waals surface area (Å²) in [5.74, 6) is -0.745. The number of hydrogen-bond donors (Lipinski definition) is 2. The Bertz CT molecular complexity index is 548. The van der Waals surface area contributed by atoms with Crippen molar-refractivity contribution in [3.63, 3.8) is 0 Å². The van der Waals surface area contributed by atoms with Crippen LogP contribution in [0.1, 0.15) is 61.4 Å². The predicted molar refractivity (Wildman–Crippen MR) is 85.2 cm³/mol. The largest absolute Gasteiger partial charge is 0.508 e. The third-order valence-electron chi connectivity index (χ3n) is 3.91. The van der Waals surface area contributed by atoms with E-state index in [1.54, 1.807) is 6.07 Å². The summed E-state index contributed by atoms with van der Waals surface area (Å²) >= 11 is 0. The van der Waals surface area contributed by atoms with Gasteiger partial charge in [0.1, 0.15) is 17.1 Å². The highest BCUT2D eigenvalue weighted by molar-refractivity contribution is 5.94. The van der Waals surface area contributed by atoms with Gasteiger partial charge in [0.2, 0.25) is 0 Å². The molecule has 2 rings (SSSR count). The maximum Gasteiger partial charge on any atom is 0.342 e. The zero-order valence-electron chi connectivity index (χ0n) is 13.0. The number of allylic oxidation sites excluding steroid dienone is 2. The summed E-state index contributed by atoms with van der Waals surface area (Å²) in [6.45, 7) is 1.87. The van der Waals surface area contributed by atoms with Crippen molar-refractivity contribution in [1.82, 2.24) is 0 Å². The topological polar surface area (TPSA) is 66.8 Å². The van der Waals surface area contributed by atoms with Gasteiger partial charge in [-0.2, -0.15) is 0 Å². The highest BCUT2D eigenvalue weighted by atomic mass is 16.5. The van der Waals surface area contributed by atoms with Gasteiger partial charge in [0.15, 0.2) is 0 Å². The smallest absolute Gasteiger partial charge is 0.342 e. The summed E-state index contributed by atoms with van der Waals surface area (Å²) in [5.41, 5.74) is 0.841. The second kappa shape index (κ2) is 7.87. The van der Waals surface area contributed by atoms with E-state index in [1.165, 1.54) is 6.07 Å². The van der Waals surface area contributed by atoms with Gasteiger partial charge >= 0.3 is 5.97 Å². The lowest BCUT2D eigenvalue weighted by molar-refractivity contribution is 0.0317. The summed E-state index contributed by atoms with van der Waals surface area (Å²) in [6.07, 6.45) is 10.5. The van der Waals surface area contributed by atoms with Crippen LogP contribution in [0.2, 0.25) is 0 Å². The Morgan fingerprint density at radius 1 is 1.09 bits per heavy atom. The van der Waals surface area contributed by atoms with Gasteiger partial charge in [-0.3, -0.25) is 0 Å². The van der Waals surface area contributed by atoms with Crippen LogP contribution >= 0.6 is 0 Å². The van der Waals surface area contributed by atoms with Crippen molar-refractivity contribution < 1.29 is 19.7 Å². The molecule has 1 aromatic rings. The number of aryl methyl sites for hydroxylation is 1. The Kier molecular flexibility index (Phi) is 5.87. The molecule has 4 nitrogen and oxygen atoms in total. The normalized spacial score (nSPS) is 22.2. The number of phenols is 2. The minimum Gasteiger partial charge on any atom is -0.508 e. The third kappa shape index (κ3) is 4.52. The molecule has 1 aromatic carbocycles. The Morgan fingerprint density at radius 3 is 2.59 bits per heavy atom. The molecule has 120 valence electrons. The second-order valence-electron chi connectivity index (χ2n) is 5.86. The predicted octanol–water partition coefficient (Wildman–Crippen LogP) is 4.10. The van der Waals surface area contributed by atoms with Gasteiger partial charge < -0.3 is 14.9 Å². The standard InChI is InChI=1S/C18H24O4/c1-13-9-7-5-3-2-4-6-8-10-14-11-15(19)12-16(20)17(14)18(21)22-13/h2-3,11-13,19-20H,4-10H2,1H3/b3-2-/t13-/m0/s1. The van der Waals surface area contributed by atoms with Gasteiger partial charge in [-0.1, -0.05) is 12.2 Å². The van der Waals surface area contributed by atoms with Crippen molar-refractivity contribution in [1.29, 1.82) is 0 Å². The SMILES string of the molecule is C[C@H]1CCC/C=C\CCCCc2cc(O)cc(O)c2C(=O)O1. The van der Waals surface area contributed by atoms with Gasteiger partial charge in [0.05, 0.1) is 6.10 Å². The summed E-state index contributed by atoms with van der Waals surface area (Å²) in [6, 6.07) is 2.74. The molecular formula is C18H24O4. The Morgan fingerprint density at radius 2 is 1.82 bits per heavy atom. The van der Waals surface area contributed by atoms with E-state index in [9.17, 15) is 15.0 Å². The highest BCUT2D eigenvalue weighted by Gasteiger charge is 2.21. The first kappa shape index (κ1) is 16.4. The number of rotatable bonds is 0. The van der Waals surface area contributed by atoms with E-state index in [0.717, 1.165) is 38.5 Å². The summed E-state index contributed by atoms with van der Waals surface area (Å²) in [7, 11) is 0. The van der Waals surface area contributed by atoms with Crippen molar-refractivity contribution in [2.24, 2.45) is 0 Å². The molecule has 0 saturated heterocycles. The third-order valence-corrected chi connectivity index (χ3v) is 3.91. The molecule has 0 saturated carbocycles. The van der Waals surface area contributed by atoms with Gasteiger partial charge in [-0.25, -0.2) is 4.79 Å². The van der Waals surface area contributed by atoms with Gasteiger partial charge in [0.25, 0.3) is 0 Å². The van der Waals surface area contributed by atoms with E-state index in [1.807, 2.05) is 6.92 Å². The molecule has 0 radical (unpaired) electrons. The van der Waals surface area contributed by atoms with Crippen molar-refractivity contribution in [3.05, 3.63) is 35.4 Å². The van der Waals surface area contributed by atoms with Crippen LogP contribution in [0.5, 0.6) is 11.5 Å². The molecule has 0 amide bonds. The first-order valence-corrected chi connectivity index (χ1v) is 7.98. The highest BCUT2D eigenvalue weighted by Crippen LogP contribution is 2.30. The molecule has 2 N–H and O–H groups in total. The average molecular weight is 304 g/mol. The van der Waals surface area contributed by atoms with Gasteiger partial charge in [-0.05, 0) is 63.5 Å². The molecule has 0 unspecified atom stereocenters. The second-order valence-corrected chi connectivity index (χ2v) is 5.86. The van der Waals surface area contributed by atoms with Crippen LogP contribution in [-0.2, 0) is 11.2 Å². The summed E-state index contributed by atoms with van der Waals surface area (Å²) in [4.78, 5) is 12.3. The molecule has 22 heavy (non-hydrogen) atoms. The van der Waals surface area contributed by atoms with Crippen LogP contribution in [0.4, 0.5) is 0 Å². The number of esters is 1. The molecular weight excluding hydrogens is 280 g/mol. The fraction of sp³-hybridized carbons (Fsp3) is 0.500. The Hall–Kier alpha value is -1.97. The number of phenolic OH excluding ortho intramolecular Hbond substituents is 2. The van der Waals surface area contributed by atoms with Gasteiger partial charge in [-0.15, -0.1) is 0 Å². The van der Waals surface area contributed by atoms with Crippen LogP contribution in [0.25, 0.3) is 0 Å². The van der Waals surface area contributed by atoms with E-state index in [2.05, 4.69) is 12.2 Å². The van der Waals surface area contributed by atoms with E-state index in [4.69, 9.17) is 4.74 Å². The maximum atomic E-state index is 12.3. The lowest BCUT2D eigenvalue weighted by Gasteiger charge is -2.16. The number of hydrogen-bond acceptors (Lipinski definition) is 4. The molecule has 1 aliphatic heterocycles. The van der Waals surface area contributed by atoms with E-state index >= 15 is 0 Å². The molecule has 0 aromatic heterocycles. The lowest BCUT2D eigenvalue weighted by atomic mass is 9.99. The molecule has 1 heterocycles. The van der Waals surface area contributed by atoms with E-state index in [0.29, 0.717) is 12.0 Å². The Labute approximate surface area is 131 Å². The molecule has 4 heteroatoms. The van der Waals surface area contributed by atoms with Crippen LogP contribution in [-0.4, -0.2) is 22.3 Å². The monoisotopic (exact) mass is 304 g/mol. The molecule has 0 bridgehead atoms. The fourth-order valence-corrected chi connectivity index (χ4v) is 2.74. The van der Waals surface area contributed by atoms with Crippen LogP contribution in [0.15, 0.2) is 24.3 Å². The van der Waals surface area contributed by atoms with Gasteiger partial charge in [0, 0.05) is 6.07 Å². The van der Waals surface area contributed by atoms with Crippen LogP contribution in [0, 0.1) is 0 Å². The number of carbonyl (C=O) groups is 1. The zero-order valence-corrected chi connectivity index (χ0v) is 13.0. The van der Waals surface area contributed by atoms with E-state index < -0.39 is 5.97 Å². The molecule has 0 fully saturated rings. The molecule has 1 aliphatic rings.